The predicted molar refractivity (Wildman–Crippen MR) is 124 cm³/mol. The maximum Gasteiger partial charge on any atom is 0.252 e. The number of rotatable bonds is 5. The first-order valence-electron chi connectivity index (χ1n) is 10.4. The number of carbonyl (C=O) groups excluding carboxylic acids is 1. The summed E-state index contributed by atoms with van der Waals surface area (Å²) < 4.78 is 37.9. The smallest absolute Gasteiger partial charge is 0.252 e. The summed E-state index contributed by atoms with van der Waals surface area (Å²) in [4.78, 5) is 19.2. The monoisotopic (exact) mass is 460 g/mol. The van der Waals surface area contributed by atoms with Gasteiger partial charge in [0.2, 0.25) is 0 Å². The highest BCUT2D eigenvalue weighted by atomic mass is 32.2. The first-order chi connectivity index (χ1) is 14.8. The molecule has 2 aliphatic rings. The van der Waals surface area contributed by atoms with Gasteiger partial charge in [0.1, 0.15) is 5.82 Å². The van der Waals surface area contributed by atoms with Crippen molar-refractivity contribution in [3.8, 4) is 0 Å². The van der Waals surface area contributed by atoms with E-state index in [0.29, 0.717) is 10.7 Å². The lowest BCUT2D eigenvalue weighted by molar-refractivity contribution is -0.117. The summed E-state index contributed by atoms with van der Waals surface area (Å²) in [5, 5.41) is 0.421. The minimum absolute atomic E-state index is 0.0665. The topological polar surface area (TPSA) is 66.8 Å². The van der Waals surface area contributed by atoms with Crippen molar-refractivity contribution in [2.75, 3.05) is 16.4 Å². The Morgan fingerprint density at radius 1 is 1.10 bits per heavy atom. The van der Waals surface area contributed by atoms with Gasteiger partial charge >= 0.3 is 0 Å². The Bertz CT molecular complexity index is 1110. The quantitative estimate of drug-likeness (QED) is 0.679. The van der Waals surface area contributed by atoms with Crippen LogP contribution in [0.4, 0.5) is 10.1 Å². The summed E-state index contributed by atoms with van der Waals surface area (Å²) in [6.45, 7) is 4.14. The van der Waals surface area contributed by atoms with E-state index in [0.717, 1.165) is 29.7 Å². The molecule has 4 rings (SSSR count). The van der Waals surface area contributed by atoms with E-state index in [9.17, 15) is 17.6 Å². The molecule has 164 valence electrons. The lowest BCUT2D eigenvalue weighted by atomic mass is 10.0. The van der Waals surface area contributed by atoms with Crippen LogP contribution in [0.15, 0.2) is 47.5 Å². The number of thioether (sulfide) groups is 1. The van der Waals surface area contributed by atoms with Crippen LogP contribution in [0.3, 0.4) is 0 Å². The summed E-state index contributed by atoms with van der Waals surface area (Å²) in [5.41, 5.74) is 3.90. The van der Waals surface area contributed by atoms with Gasteiger partial charge in [-0.1, -0.05) is 55.9 Å². The number of hydrogen-bond acceptors (Lipinski definition) is 4. The number of sulfone groups is 1. The lowest BCUT2D eigenvalue weighted by Gasteiger charge is -2.29. The maximum absolute atomic E-state index is 13.2. The van der Waals surface area contributed by atoms with Crippen LogP contribution >= 0.6 is 11.8 Å². The van der Waals surface area contributed by atoms with E-state index in [4.69, 9.17) is 0 Å². The Morgan fingerprint density at radius 2 is 1.74 bits per heavy atom. The van der Waals surface area contributed by atoms with Crippen molar-refractivity contribution >= 4 is 38.4 Å². The van der Waals surface area contributed by atoms with Crippen molar-refractivity contribution in [1.82, 2.24) is 0 Å². The summed E-state index contributed by atoms with van der Waals surface area (Å²) in [6, 6.07) is 11.7. The lowest BCUT2D eigenvalue weighted by Crippen LogP contribution is -2.39. The fourth-order valence-electron chi connectivity index (χ4n) is 4.27. The minimum atomic E-state index is -3.13. The second-order valence-electron chi connectivity index (χ2n) is 7.89. The number of hydrogen-bond donors (Lipinski definition) is 0. The molecule has 0 radical (unpaired) electrons. The Morgan fingerprint density at radius 3 is 2.35 bits per heavy atom. The van der Waals surface area contributed by atoms with E-state index in [1.165, 1.54) is 23.9 Å². The van der Waals surface area contributed by atoms with Gasteiger partial charge in [-0.3, -0.25) is 4.79 Å². The number of nitrogens with zero attached hydrogens (tertiary/aromatic N) is 2. The third-order valence-electron chi connectivity index (χ3n) is 5.76. The van der Waals surface area contributed by atoms with Crippen molar-refractivity contribution in [3.63, 3.8) is 0 Å². The molecule has 2 saturated heterocycles. The van der Waals surface area contributed by atoms with Crippen molar-refractivity contribution in [3.05, 3.63) is 65.0 Å². The molecule has 0 saturated carbocycles. The van der Waals surface area contributed by atoms with Crippen LogP contribution < -0.4 is 4.90 Å². The Hall–Kier alpha value is -2.19. The molecular weight excluding hydrogens is 435 g/mol. The second kappa shape index (κ2) is 8.74. The molecule has 2 atom stereocenters. The van der Waals surface area contributed by atoms with Crippen molar-refractivity contribution in [2.45, 2.75) is 44.4 Å². The highest BCUT2D eigenvalue weighted by molar-refractivity contribution is 8.16. The zero-order valence-corrected chi connectivity index (χ0v) is 19.2. The summed E-state index contributed by atoms with van der Waals surface area (Å²) in [6.07, 6.45) is 1.67. The van der Waals surface area contributed by atoms with E-state index in [2.05, 4.69) is 18.8 Å². The van der Waals surface area contributed by atoms with Crippen molar-refractivity contribution in [2.24, 2.45) is 4.99 Å². The molecule has 0 N–H and O–H groups in total. The molecule has 8 heteroatoms. The largest absolute Gasteiger partial charge is 0.315 e. The average Bonchev–Trinajstić information content (AvgIpc) is 3.19. The molecular formula is C23H25FN2O3S2. The van der Waals surface area contributed by atoms with Crippen molar-refractivity contribution < 1.29 is 17.6 Å². The minimum Gasteiger partial charge on any atom is -0.315 e. The molecule has 2 aromatic carbocycles. The van der Waals surface area contributed by atoms with Gasteiger partial charge in [-0.15, -0.1) is 0 Å². The van der Waals surface area contributed by atoms with Crippen LogP contribution in [0.5, 0.6) is 0 Å². The Balaban J connectivity index is 1.73. The third-order valence-corrected chi connectivity index (χ3v) is 8.97. The van der Waals surface area contributed by atoms with E-state index >= 15 is 0 Å². The first-order valence-corrected chi connectivity index (χ1v) is 13.1. The second-order valence-corrected chi connectivity index (χ2v) is 11.3. The third kappa shape index (κ3) is 4.55. The van der Waals surface area contributed by atoms with E-state index in [-0.39, 0.29) is 40.9 Å². The number of aliphatic imine (C=N–C) groups is 1. The van der Waals surface area contributed by atoms with Gasteiger partial charge in [-0.25, -0.2) is 12.8 Å². The van der Waals surface area contributed by atoms with Crippen LogP contribution in [0.25, 0.3) is 0 Å². The SMILES string of the molecule is CCc1cccc(CC)c1N1C(=NC(=O)Cc2ccc(F)cc2)SC2CS(=O)(=O)CC21. The fourth-order valence-corrected chi connectivity index (χ4v) is 8.19. The summed E-state index contributed by atoms with van der Waals surface area (Å²) >= 11 is 1.38. The molecule has 2 unspecified atom stereocenters. The Labute approximate surface area is 186 Å². The molecule has 0 bridgehead atoms. The highest BCUT2D eigenvalue weighted by Gasteiger charge is 2.50. The number of benzene rings is 2. The fraction of sp³-hybridized carbons (Fsp3) is 0.391. The summed E-state index contributed by atoms with van der Waals surface area (Å²) in [5.74, 6) is -0.511. The number of fused-ring (bicyclic) bond motifs is 1. The highest BCUT2D eigenvalue weighted by Crippen LogP contribution is 2.43. The number of carbonyl (C=O) groups is 1. The van der Waals surface area contributed by atoms with Gasteiger partial charge in [-0.2, -0.15) is 4.99 Å². The van der Waals surface area contributed by atoms with Crippen molar-refractivity contribution in [1.29, 1.82) is 0 Å². The van der Waals surface area contributed by atoms with Crippen LogP contribution in [0.2, 0.25) is 0 Å². The molecule has 5 nitrogen and oxygen atoms in total. The van der Waals surface area contributed by atoms with E-state index in [1.807, 2.05) is 23.1 Å². The standard InChI is InChI=1S/C23H25FN2O3S2/c1-3-16-6-5-7-17(4-2)22(16)26-19-13-31(28,29)14-20(19)30-23(26)25-21(27)12-15-8-10-18(24)11-9-15/h5-11,19-20H,3-4,12-14H2,1-2H3. The number of para-hydroxylation sites is 1. The molecule has 0 aliphatic carbocycles. The van der Waals surface area contributed by atoms with E-state index < -0.39 is 9.84 Å². The normalized spacial score (nSPS) is 23.3. The average molecular weight is 461 g/mol. The van der Waals surface area contributed by atoms with Crippen LogP contribution in [0, 0.1) is 5.82 Å². The number of aryl methyl sites for hydroxylation is 2. The molecule has 2 fully saturated rings. The molecule has 2 aliphatic heterocycles. The summed E-state index contributed by atoms with van der Waals surface area (Å²) in [7, 11) is -3.13. The number of halogens is 1. The Kier molecular flexibility index (Phi) is 6.21. The molecule has 0 aromatic heterocycles. The van der Waals surface area contributed by atoms with Crippen LogP contribution in [0.1, 0.15) is 30.5 Å². The molecule has 2 heterocycles. The van der Waals surface area contributed by atoms with Crippen LogP contribution in [-0.4, -0.2) is 42.3 Å². The molecule has 2 aromatic rings. The van der Waals surface area contributed by atoms with Crippen LogP contribution in [-0.2, 0) is 33.9 Å². The van der Waals surface area contributed by atoms with Gasteiger partial charge < -0.3 is 4.90 Å². The molecule has 1 amide bonds. The van der Waals surface area contributed by atoms with E-state index in [1.54, 1.807) is 12.1 Å². The zero-order valence-electron chi connectivity index (χ0n) is 17.5. The van der Waals surface area contributed by atoms with Gasteiger partial charge in [0.15, 0.2) is 15.0 Å². The number of amides is 1. The number of anilines is 1. The zero-order chi connectivity index (χ0) is 22.2. The molecule has 31 heavy (non-hydrogen) atoms. The van der Waals surface area contributed by atoms with Gasteiger partial charge in [0.25, 0.3) is 5.91 Å². The molecule has 0 spiro atoms. The van der Waals surface area contributed by atoms with Gasteiger partial charge in [-0.05, 0) is 41.7 Å². The predicted octanol–water partition coefficient (Wildman–Crippen LogP) is 3.79. The first kappa shape index (κ1) is 22.0. The maximum atomic E-state index is 13.2. The number of amidine groups is 1. The van der Waals surface area contributed by atoms with Gasteiger partial charge in [0, 0.05) is 10.9 Å². The van der Waals surface area contributed by atoms with Gasteiger partial charge in [0.05, 0.1) is 24.0 Å².